The molecule has 0 unspecified atom stereocenters. The summed E-state index contributed by atoms with van der Waals surface area (Å²) in [5.41, 5.74) is 5.23. The Morgan fingerprint density at radius 3 is 2.62 bits per heavy atom. The van der Waals surface area contributed by atoms with E-state index >= 15 is 0 Å². The number of benzene rings is 1. The first-order valence-corrected chi connectivity index (χ1v) is 8.44. The Hall–Kier alpha value is -2.11. The lowest BCUT2D eigenvalue weighted by Gasteiger charge is -2.37. The highest BCUT2D eigenvalue weighted by Gasteiger charge is 2.31. The fourth-order valence-corrected chi connectivity index (χ4v) is 3.50. The summed E-state index contributed by atoms with van der Waals surface area (Å²) >= 11 is 0. The normalized spacial score (nSPS) is 23.8. The second-order valence-corrected chi connectivity index (χ2v) is 7.09. The van der Waals surface area contributed by atoms with Gasteiger partial charge in [-0.2, -0.15) is 0 Å². The molecule has 1 aliphatic rings. The largest absolute Gasteiger partial charge is 0.366 e. The SMILES string of the molecule is CC(C)[C@H]1CC[C@@H](C)C[C@H]1NC(=O)Nc1ccc(F)c(C(N)=O)c1. The molecule has 1 aromatic carbocycles. The Balaban J connectivity index is 2.04. The van der Waals surface area contributed by atoms with Gasteiger partial charge in [-0.3, -0.25) is 4.79 Å². The van der Waals surface area contributed by atoms with Crippen LogP contribution in [-0.4, -0.2) is 18.0 Å². The molecule has 3 atom stereocenters. The molecular weight excluding hydrogens is 309 g/mol. The number of anilines is 1. The average Bonchev–Trinajstić information content (AvgIpc) is 2.48. The number of nitrogens with two attached hydrogens (primary N) is 1. The highest BCUT2D eigenvalue weighted by Crippen LogP contribution is 2.33. The van der Waals surface area contributed by atoms with E-state index in [1.54, 1.807) is 0 Å². The van der Waals surface area contributed by atoms with Gasteiger partial charge in [0.05, 0.1) is 5.56 Å². The van der Waals surface area contributed by atoms with Crippen molar-refractivity contribution in [3.63, 3.8) is 0 Å². The van der Waals surface area contributed by atoms with Gasteiger partial charge in [-0.1, -0.05) is 27.2 Å². The number of amides is 3. The summed E-state index contributed by atoms with van der Waals surface area (Å²) in [4.78, 5) is 23.5. The predicted molar refractivity (Wildman–Crippen MR) is 92.2 cm³/mol. The molecule has 132 valence electrons. The van der Waals surface area contributed by atoms with Crippen LogP contribution in [0.15, 0.2) is 18.2 Å². The van der Waals surface area contributed by atoms with Crippen LogP contribution in [0, 0.1) is 23.6 Å². The first-order chi connectivity index (χ1) is 11.3. The lowest BCUT2D eigenvalue weighted by Crippen LogP contribution is -2.47. The van der Waals surface area contributed by atoms with Gasteiger partial charge in [-0.05, 0) is 48.8 Å². The van der Waals surface area contributed by atoms with Crippen molar-refractivity contribution in [3.05, 3.63) is 29.6 Å². The standard InChI is InChI=1S/C18H26FN3O2/c1-10(2)13-6-4-11(3)8-16(13)22-18(24)21-12-5-7-15(19)14(9-12)17(20)23/h5,7,9-11,13,16H,4,6,8H2,1-3H3,(H2,20,23)(H2,21,22,24)/t11-,13-,16-/m1/s1. The van der Waals surface area contributed by atoms with Crippen molar-refractivity contribution < 1.29 is 14.0 Å². The van der Waals surface area contributed by atoms with Crippen LogP contribution in [0.1, 0.15) is 50.4 Å². The summed E-state index contributed by atoms with van der Waals surface area (Å²) < 4.78 is 13.5. The van der Waals surface area contributed by atoms with E-state index in [1.807, 2.05) is 0 Å². The summed E-state index contributed by atoms with van der Waals surface area (Å²) in [6, 6.07) is 3.55. The van der Waals surface area contributed by atoms with Crippen LogP contribution in [0.4, 0.5) is 14.9 Å². The fourth-order valence-electron chi connectivity index (χ4n) is 3.50. The topological polar surface area (TPSA) is 84.2 Å². The van der Waals surface area contributed by atoms with E-state index in [1.165, 1.54) is 18.6 Å². The summed E-state index contributed by atoms with van der Waals surface area (Å²) in [6.45, 7) is 6.54. The molecule has 1 aliphatic carbocycles. The Kier molecular flexibility index (Phi) is 5.80. The summed E-state index contributed by atoms with van der Waals surface area (Å²) in [5, 5.41) is 5.69. The van der Waals surface area contributed by atoms with Crippen LogP contribution in [-0.2, 0) is 0 Å². The minimum atomic E-state index is -0.863. The third-order valence-electron chi connectivity index (χ3n) is 4.83. The fraction of sp³-hybridized carbons (Fsp3) is 0.556. The first-order valence-electron chi connectivity index (χ1n) is 8.44. The summed E-state index contributed by atoms with van der Waals surface area (Å²) in [5.74, 6) is -0.0408. The van der Waals surface area contributed by atoms with Gasteiger partial charge in [0.25, 0.3) is 5.91 Å². The maximum Gasteiger partial charge on any atom is 0.319 e. The molecule has 2 rings (SSSR count). The molecule has 1 saturated carbocycles. The second-order valence-electron chi connectivity index (χ2n) is 7.09. The quantitative estimate of drug-likeness (QED) is 0.786. The minimum absolute atomic E-state index is 0.116. The first kappa shape index (κ1) is 18.2. The molecule has 0 saturated heterocycles. The molecule has 0 aliphatic heterocycles. The van der Waals surface area contributed by atoms with Gasteiger partial charge in [-0.25, -0.2) is 9.18 Å². The zero-order valence-electron chi connectivity index (χ0n) is 14.4. The molecule has 1 aromatic rings. The van der Waals surface area contributed by atoms with E-state index in [9.17, 15) is 14.0 Å². The van der Waals surface area contributed by atoms with Crippen LogP contribution >= 0.6 is 0 Å². The number of primary amides is 1. The zero-order valence-corrected chi connectivity index (χ0v) is 14.4. The molecule has 0 heterocycles. The van der Waals surface area contributed by atoms with Crippen molar-refractivity contribution in [2.75, 3.05) is 5.32 Å². The van der Waals surface area contributed by atoms with Crippen LogP contribution in [0.3, 0.4) is 0 Å². The van der Waals surface area contributed by atoms with Gasteiger partial charge in [0, 0.05) is 11.7 Å². The maximum absolute atomic E-state index is 13.5. The van der Waals surface area contributed by atoms with Crippen LogP contribution in [0.5, 0.6) is 0 Å². The highest BCUT2D eigenvalue weighted by atomic mass is 19.1. The number of halogens is 1. The highest BCUT2D eigenvalue weighted by molar-refractivity contribution is 5.96. The third kappa shape index (κ3) is 4.46. The van der Waals surface area contributed by atoms with Gasteiger partial charge in [0.15, 0.2) is 0 Å². The third-order valence-corrected chi connectivity index (χ3v) is 4.83. The lowest BCUT2D eigenvalue weighted by molar-refractivity contribution is 0.0996. The lowest BCUT2D eigenvalue weighted by atomic mass is 9.74. The number of rotatable bonds is 4. The number of hydrogen-bond acceptors (Lipinski definition) is 2. The van der Waals surface area contributed by atoms with Gasteiger partial charge < -0.3 is 16.4 Å². The van der Waals surface area contributed by atoms with Crippen molar-refractivity contribution in [1.82, 2.24) is 5.32 Å². The van der Waals surface area contributed by atoms with Gasteiger partial charge in [-0.15, -0.1) is 0 Å². The molecule has 0 radical (unpaired) electrons. The van der Waals surface area contributed by atoms with E-state index in [4.69, 9.17) is 5.73 Å². The molecule has 0 bridgehead atoms. The van der Waals surface area contributed by atoms with Crippen molar-refractivity contribution in [3.8, 4) is 0 Å². The van der Waals surface area contributed by atoms with Crippen LogP contribution < -0.4 is 16.4 Å². The summed E-state index contributed by atoms with van der Waals surface area (Å²) in [7, 11) is 0. The number of carbonyl (C=O) groups is 2. The Morgan fingerprint density at radius 2 is 2.00 bits per heavy atom. The number of urea groups is 1. The number of carbonyl (C=O) groups excluding carboxylic acids is 2. The van der Waals surface area contributed by atoms with Crippen molar-refractivity contribution in [2.24, 2.45) is 23.5 Å². The maximum atomic E-state index is 13.5. The van der Waals surface area contributed by atoms with Crippen LogP contribution in [0.2, 0.25) is 0 Å². The van der Waals surface area contributed by atoms with E-state index in [-0.39, 0.29) is 17.6 Å². The molecule has 6 heteroatoms. The Bertz CT molecular complexity index is 618. The average molecular weight is 335 g/mol. The number of nitrogens with one attached hydrogen (secondary N) is 2. The molecule has 0 aromatic heterocycles. The molecule has 4 N–H and O–H groups in total. The Labute approximate surface area is 142 Å². The molecule has 5 nitrogen and oxygen atoms in total. The Morgan fingerprint density at radius 1 is 1.29 bits per heavy atom. The molecule has 24 heavy (non-hydrogen) atoms. The second kappa shape index (κ2) is 7.64. The minimum Gasteiger partial charge on any atom is -0.366 e. The van der Waals surface area contributed by atoms with Crippen molar-refractivity contribution in [1.29, 1.82) is 0 Å². The van der Waals surface area contributed by atoms with Gasteiger partial charge in [0.2, 0.25) is 0 Å². The van der Waals surface area contributed by atoms with Crippen LogP contribution in [0.25, 0.3) is 0 Å². The van der Waals surface area contributed by atoms with E-state index < -0.39 is 11.7 Å². The smallest absolute Gasteiger partial charge is 0.319 e. The van der Waals surface area contributed by atoms with Crippen molar-refractivity contribution >= 4 is 17.6 Å². The van der Waals surface area contributed by atoms with E-state index in [0.29, 0.717) is 23.4 Å². The number of hydrogen-bond donors (Lipinski definition) is 3. The molecular formula is C18H26FN3O2. The van der Waals surface area contributed by atoms with Gasteiger partial charge >= 0.3 is 6.03 Å². The van der Waals surface area contributed by atoms with Crippen molar-refractivity contribution in [2.45, 2.75) is 46.1 Å². The molecule has 0 spiro atoms. The van der Waals surface area contributed by atoms with E-state index in [2.05, 4.69) is 31.4 Å². The zero-order chi connectivity index (χ0) is 17.9. The molecule has 1 fully saturated rings. The predicted octanol–water partition coefficient (Wildman–Crippen LogP) is 3.51. The molecule has 3 amide bonds. The summed E-state index contributed by atoms with van der Waals surface area (Å²) in [6.07, 6.45) is 3.24. The monoisotopic (exact) mass is 335 g/mol. The van der Waals surface area contributed by atoms with Gasteiger partial charge in [0.1, 0.15) is 5.82 Å². The van der Waals surface area contributed by atoms with E-state index in [0.717, 1.165) is 18.9 Å².